The lowest BCUT2D eigenvalue weighted by molar-refractivity contribution is 0.105. The Hall–Kier alpha value is -0.890. The van der Waals surface area contributed by atoms with Gasteiger partial charge >= 0.3 is 0 Å². The van der Waals surface area contributed by atoms with E-state index in [-0.39, 0.29) is 29.8 Å². The first-order chi connectivity index (χ1) is 10.3. The van der Waals surface area contributed by atoms with E-state index in [1.165, 1.54) is 18.6 Å². The third-order valence-corrected chi connectivity index (χ3v) is 3.63. The Morgan fingerprint density at radius 2 is 2.00 bits per heavy atom. The molecule has 0 radical (unpaired) electrons. The molecule has 124 valence electrons. The highest BCUT2D eigenvalue weighted by molar-refractivity contribution is 14.0. The molecule has 1 atom stereocenters. The molecule has 1 saturated heterocycles. The number of aliphatic imine (C=N–C) groups is 1. The highest BCUT2D eigenvalue weighted by Crippen LogP contribution is 2.14. The van der Waals surface area contributed by atoms with Crippen LogP contribution in [0, 0.1) is 5.82 Å². The molecule has 0 aromatic heterocycles. The molecule has 0 saturated carbocycles. The number of benzene rings is 1. The fourth-order valence-corrected chi connectivity index (χ4v) is 2.42. The molecule has 22 heavy (non-hydrogen) atoms. The molecule has 6 heteroatoms. The van der Waals surface area contributed by atoms with E-state index in [4.69, 9.17) is 4.74 Å². The standard InChI is InChI=1S/C16H24FN3O.HI/c1-18-16(20-11-9-15-3-2-12-21-15)19-10-8-13-4-6-14(17)7-5-13;/h4-7,15H,2-3,8-12H2,1H3,(H2,18,19,20);1H. The highest BCUT2D eigenvalue weighted by Gasteiger charge is 2.14. The number of hydrogen-bond acceptors (Lipinski definition) is 2. The van der Waals surface area contributed by atoms with Crippen molar-refractivity contribution in [2.75, 3.05) is 26.7 Å². The van der Waals surface area contributed by atoms with Crippen molar-refractivity contribution in [1.29, 1.82) is 0 Å². The Bertz CT molecular complexity index is 447. The quantitative estimate of drug-likeness (QED) is 0.422. The molecule has 1 aromatic carbocycles. The molecular weight excluding hydrogens is 396 g/mol. The molecule has 1 fully saturated rings. The van der Waals surface area contributed by atoms with E-state index in [0.717, 1.165) is 50.5 Å². The molecule has 0 spiro atoms. The van der Waals surface area contributed by atoms with Gasteiger partial charge in [0, 0.05) is 26.7 Å². The number of ether oxygens (including phenoxy) is 1. The normalized spacial score (nSPS) is 17.9. The van der Waals surface area contributed by atoms with E-state index in [1.807, 2.05) is 12.1 Å². The van der Waals surface area contributed by atoms with Gasteiger partial charge in [-0.3, -0.25) is 4.99 Å². The molecule has 2 N–H and O–H groups in total. The number of nitrogens with one attached hydrogen (secondary N) is 2. The Kier molecular flexibility index (Phi) is 9.38. The third-order valence-electron chi connectivity index (χ3n) is 3.63. The van der Waals surface area contributed by atoms with Gasteiger partial charge in [-0.05, 0) is 43.4 Å². The zero-order valence-electron chi connectivity index (χ0n) is 13.0. The molecule has 1 aromatic rings. The van der Waals surface area contributed by atoms with Gasteiger partial charge < -0.3 is 15.4 Å². The van der Waals surface area contributed by atoms with Crippen LogP contribution in [0.1, 0.15) is 24.8 Å². The second-order valence-electron chi connectivity index (χ2n) is 5.23. The number of nitrogens with zero attached hydrogens (tertiary/aromatic N) is 1. The summed E-state index contributed by atoms with van der Waals surface area (Å²) in [5.74, 6) is 0.605. The first-order valence-corrected chi connectivity index (χ1v) is 7.58. The topological polar surface area (TPSA) is 45.7 Å². The van der Waals surface area contributed by atoms with Crippen LogP contribution in [0.25, 0.3) is 0 Å². The molecule has 0 bridgehead atoms. The van der Waals surface area contributed by atoms with E-state index in [2.05, 4.69) is 15.6 Å². The predicted molar refractivity (Wildman–Crippen MR) is 98.5 cm³/mol. The second kappa shape index (κ2) is 10.8. The Morgan fingerprint density at radius 3 is 2.64 bits per heavy atom. The van der Waals surface area contributed by atoms with Crippen LogP contribution >= 0.6 is 24.0 Å². The van der Waals surface area contributed by atoms with Gasteiger partial charge in [-0.2, -0.15) is 0 Å². The lowest BCUT2D eigenvalue weighted by Gasteiger charge is -2.14. The van der Waals surface area contributed by atoms with E-state index in [9.17, 15) is 4.39 Å². The summed E-state index contributed by atoms with van der Waals surface area (Å²) in [5.41, 5.74) is 1.11. The fourth-order valence-electron chi connectivity index (χ4n) is 2.42. The maximum atomic E-state index is 12.8. The summed E-state index contributed by atoms with van der Waals surface area (Å²) in [5, 5.41) is 6.55. The van der Waals surface area contributed by atoms with Crippen molar-refractivity contribution in [3.05, 3.63) is 35.6 Å². The first-order valence-electron chi connectivity index (χ1n) is 7.58. The summed E-state index contributed by atoms with van der Waals surface area (Å²) in [7, 11) is 1.76. The van der Waals surface area contributed by atoms with Crippen LogP contribution in [0.5, 0.6) is 0 Å². The second-order valence-corrected chi connectivity index (χ2v) is 5.23. The van der Waals surface area contributed by atoms with Gasteiger partial charge in [-0.1, -0.05) is 12.1 Å². The molecule has 0 aliphatic carbocycles. The molecule has 1 unspecified atom stereocenters. The molecular formula is C16H25FIN3O. The molecule has 2 rings (SSSR count). The van der Waals surface area contributed by atoms with Gasteiger partial charge in [-0.25, -0.2) is 4.39 Å². The average molecular weight is 421 g/mol. The smallest absolute Gasteiger partial charge is 0.190 e. The fraction of sp³-hybridized carbons (Fsp3) is 0.562. The van der Waals surface area contributed by atoms with Gasteiger partial charge in [0.1, 0.15) is 5.82 Å². The molecule has 4 nitrogen and oxygen atoms in total. The average Bonchev–Trinajstić information content (AvgIpc) is 3.01. The van der Waals surface area contributed by atoms with Crippen molar-refractivity contribution in [2.45, 2.75) is 31.8 Å². The predicted octanol–water partition coefficient (Wildman–Crippen LogP) is 2.72. The van der Waals surface area contributed by atoms with Crippen LogP contribution in [-0.2, 0) is 11.2 Å². The zero-order chi connectivity index (χ0) is 14.9. The number of hydrogen-bond donors (Lipinski definition) is 2. The highest BCUT2D eigenvalue weighted by atomic mass is 127. The SMILES string of the molecule is CN=C(NCCc1ccc(F)cc1)NCCC1CCCO1.I. The minimum absolute atomic E-state index is 0. The van der Waals surface area contributed by atoms with E-state index < -0.39 is 0 Å². The lowest BCUT2D eigenvalue weighted by atomic mass is 10.1. The van der Waals surface area contributed by atoms with Gasteiger partial charge in [0.05, 0.1) is 6.10 Å². The number of guanidine groups is 1. The Balaban J connectivity index is 0.00000242. The largest absolute Gasteiger partial charge is 0.378 e. The van der Waals surface area contributed by atoms with Crippen molar-refractivity contribution >= 4 is 29.9 Å². The minimum atomic E-state index is -0.196. The monoisotopic (exact) mass is 421 g/mol. The Morgan fingerprint density at radius 1 is 1.27 bits per heavy atom. The minimum Gasteiger partial charge on any atom is -0.378 e. The van der Waals surface area contributed by atoms with Crippen LogP contribution in [0.4, 0.5) is 4.39 Å². The van der Waals surface area contributed by atoms with Crippen LogP contribution in [0.15, 0.2) is 29.3 Å². The van der Waals surface area contributed by atoms with Crippen molar-refractivity contribution in [2.24, 2.45) is 4.99 Å². The maximum Gasteiger partial charge on any atom is 0.190 e. The summed E-state index contributed by atoms with van der Waals surface area (Å²) in [6.45, 7) is 2.53. The van der Waals surface area contributed by atoms with E-state index >= 15 is 0 Å². The van der Waals surface area contributed by atoms with Crippen LogP contribution in [0.3, 0.4) is 0 Å². The van der Waals surface area contributed by atoms with Crippen LogP contribution in [0.2, 0.25) is 0 Å². The van der Waals surface area contributed by atoms with Crippen LogP contribution < -0.4 is 10.6 Å². The summed E-state index contributed by atoms with van der Waals surface area (Å²) >= 11 is 0. The van der Waals surface area contributed by atoms with Crippen molar-refractivity contribution < 1.29 is 9.13 Å². The molecule has 1 aliphatic rings. The maximum absolute atomic E-state index is 12.8. The summed E-state index contributed by atoms with van der Waals surface area (Å²) in [6.07, 6.45) is 4.59. The summed E-state index contributed by atoms with van der Waals surface area (Å²) in [4.78, 5) is 4.19. The van der Waals surface area contributed by atoms with Gasteiger partial charge in [-0.15, -0.1) is 24.0 Å². The van der Waals surface area contributed by atoms with Gasteiger partial charge in [0.2, 0.25) is 0 Å². The number of rotatable bonds is 6. The van der Waals surface area contributed by atoms with Crippen molar-refractivity contribution in [1.82, 2.24) is 10.6 Å². The van der Waals surface area contributed by atoms with Crippen molar-refractivity contribution in [3.8, 4) is 0 Å². The first kappa shape index (κ1) is 19.2. The lowest BCUT2D eigenvalue weighted by Crippen LogP contribution is -2.39. The molecule has 0 amide bonds. The van der Waals surface area contributed by atoms with Gasteiger partial charge in [0.25, 0.3) is 0 Å². The Labute approximate surface area is 148 Å². The summed E-state index contributed by atoms with van der Waals surface area (Å²) in [6, 6.07) is 6.60. The summed E-state index contributed by atoms with van der Waals surface area (Å²) < 4.78 is 18.4. The molecule has 1 heterocycles. The van der Waals surface area contributed by atoms with Crippen LogP contribution in [-0.4, -0.2) is 38.8 Å². The van der Waals surface area contributed by atoms with E-state index in [1.54, 1.807) is 7.05 Å². The van der Waals surface area contributed by atoms with Crippen molar-refractivity contribution in [3.63, 3.8) is 0 Å². The molecule has 1 aliphatic heterocycles. The third kappa shape index (κ3) is 6.91. The van der Waals surface area contributed by atoms with Gasteiger partial charge in [0.15, 0.2) is 5.96 Å². The number of halogens is 2. The zero-order valence-corrected chi connectivity index (χ0v) is 15.3. The van der Waals surface area contributed by atoms with E-state index in [0.29, 0.717) is 6.10 Å².